The molecular formula is C16H13Cl2N3O2S. The predicted octanol–water partition coefficient (Wildman–Crippen LogP) is 4.90. The van der Waals surface area contributed by atoms with E-state index in [0.717, 1.165) is 16.7 Å². The number of thiophene rings is 1. The molecule has 0 aliphatic carbocycles. The van der Waals surface area contributed by atoms with Gasteiger partial charge in [-0.25, -0.2) is 0 Å². The van der Waals surface area contributed by atoms with Gasteiger partial charge < -0.3 is 4.42 Å². The van der Waals surface area contributed by atoms with Gasteiger partial charge in [0.2, 0.25) is 5.91 Å². The third-order valence-electron chi connectivity index (χ3n) is 3.41. The van der Waals surface area contributed by atoms with Crippen LogP contribution in [-0.4, -0.2) is 16.1 Å². The van der Waals surface area contributed by atoms with Crippen LogP contribution in [0.2, 0.25) is 8.67 Å². The molecule has 5 nitrogen and oxygen atoms in total. The standard InChI is InChI=1S/C16H13Cl2N3O2S/c1-8-3-4-10(9(2)5-8)6-13(22)19-16-21-20-15(23-16)11-7-12(17)24-14(11)18/h3-5,7H,6H2,1-2H3,(H,19,21,22). The van der Waals surface area contributed by atoms with E-state index in [1.807, 2.05) is 32.0 Å². The van der Waals surface area contributed by atoms with Crippen molar-refractivity contribution >= 4 is 46.5 Å². The maximum atomic E-state index is 12.2. The first kappa shape index (κ1) is 17.0. The van der Waals surface area contributed by atoms with Gasteiger partial charge in [-0.05, 0) is 31.0 Å². The quantitative estimate of drug-likeness (QED) is 0.697. The van der Waals surface area contributed by atoms with Crippen molar-refractivity contribution in [3.63, 3.8) is 0 Å². The van der Waals surface area contributed by atoms with E-state index in [9.17, 15) is 4.79 Å². The minimum Gasteiger partial charge on any atom is -0.403 e. The highest BCUT2D eigenvalue weighted by atomic mass is 35.5. The Bertz CT molecular complexity index is 905. The molecule has 0 aliphatic rings. The SMILES string of the molecule is Cc1ccc(CC(=O)Nc2nnc(-c3cc(Cl)sc3Cl)o2)c(C)c1. The van der Waals surface area contributed by atoms with Crippen molar-refractivity contribution < 1.29 is 9.21 Å². The van der Waals surface area contributed by atoms with Gasteiger partial charge in [0, 0.05) is 0 Å². The van der Waals surface area contributed by atoms with E-state index in [-0.39, 0.29) is 24.2 Å². The fraction of sp³-hybridized carbons (Fsp3) is 0.188. The molecule has 0 aliphatic heterocycles. The van der Waals surface area contributed by atoms with Crippen LogP contribution < -0.4 is 5.32 Å². The molecule has 0 saturated carbocycles. The molecule has 0 spiro atoms. The Hall–Kier alpha value is -1.89. The lowest BCUT2D eigenvalue weighted by molar-refractivity contribution is -0.115. The Balaban J connectivity index is 1.70. The van der Waals surface area contributed by atoms with E-state index in [1.54, 1.807) is 6.07 Å². The predicted molar refractivity (Wildman–Crippen MR) is 95.9 cm³/mol. The minimum absolute atomic E-state index is 0.0261. The molecule has 124 valence electrons. The lowest BCUT2D eigenvalue weighted by Gasteiger charge is -2.06. The van der Waals surface area contributed by atoms with E-state index < -0.39 is 0 Å². The number of nitrogens with zero attached hydrogens (tertiary/aromatic N) is 2. The highest BCUT2D eigenvalue weighted by Gasteiger charge is 2.16. The molecule has 0 radical (unpaired) electrons. The molecule has 2 aromatic heterocycles. The Labute approximate surface area is 152 Å². The summed E-state index contributed by atoms with van der Waals surface area (Å²) >= 11 is 13.2. The molecule has 24 heavy (non-hydrogen) atoms. The van der Waals surface area contributed by atoms with Crippen LogP contribution in [-0.2, 0) is 11.2 Å². The number of hydrogen-bond acceptors (Lipinski definition) is 5. The summed E-state index contributed by atoms with van der Waals surface area (Å²) in [6.07, 6.45) is 0.231. The number of carbonyl (C=O) groups excluding carboxylic acids is 1. The van der Waals surface area contributed by atoms with E-state index in [2.05, 4.69) is 15.5 Å². The summed E-state index contributed by atoms with van der Waals surface area (Å²) in [6, 6.07) is 7.62. The van der Waals surface area contributed by atoms with Gasteiger partial charge in [0.05, 0.1) is 16.3 Å². The zero-order valence-corrected chi connectivity index (χ0v) is 15.2. The number of nitrogens with one attached hydrogen (secondary N) is 1. The molecule has 0 atom stereocenters. The maximum Gasteiger partial charge on any atom is 0.322 e. The van der Waals surface area contributed by atoms with Crippen LogP contribution in [0, 0.1) is 13.8 Å². The first-order valence-electron chi connectivity index (χ1n) is 7.07. The fourth-order valence-corrected chi connectivity index (χ4v) is 3.70. The summed E-state index contributed by atoms with van der Waals surface area (Å²) in [5.41, 5.74) is 3.72. The van der Waals surface area contributed by atoms with Crippen molar-refractivity contribution in [1.82, 2.24) is 10.2 Å². The number of benzene rings is 1. The van der Waals surface area contributed by atoms with Gasteiger partial charge in [0.1, 0.15) is 4.34 Å². The molecule has 0 bridgehead atoms. The van der Waals surface area contributed by atoms with Crippen molar-refractivity contribution in [2.24, 2.45) is 0 Å². The van der Waals surface area contributed by atoms with E-state index >= 15 is 0 Å². The van der Waals surface area contributed by atoms with E-state index in [1.165, 1.54) is 11.3 Å². The van der Waals surface area contributed by atoms with Crippen LogP contribution in [0.15, 0.2) is 28.7 Å². The average molecular weight is 382 g/mol. The number of halogens is 2. The van der Waals surface area contributed by atoms with Crippen LogP contribution in [0.3, 0.4) is 0 Å². The van der Waals surface area contributed by atoms with Crippen LogP contribution in [0.5, 0.6) is 0 Å². The second-order valence-corrected chi connectivity index (χ2v) is 7.59. The van der Waals surface area contributed by atoms with E-state index in [4.69, 9.17) is 27.6 Å². The summed E-state index contributed by atoms with van der Waals surface area (Å²) in [5, 5.41) is 10.3. The van der Waals surface area contributed by atoms with Gasteiger partial charge in [-0.15, -0.1) is 16.4 Å². The maximum absolute atomic E-state index is 12.2. The fourth-order valence-electron chi connectivity index (χ4n) is 2.25. The smallest absolute Gasteiger partial charge is 0.322 e. The summed E-state index contributed by atoms with van der Waals surface area (Å²) < 4.78 is 6.41. The van der Waals surface area contributed by atoms with Gasteiger partial charge in [-0.1, -0.05) is 52.1 Å². The Morgan fingerprint density at radius 1 is 1.25 bits per heavy atom. The third-order valence-corrected chi connectivity index (χ3v) is 4.90. The van der Waals surface area contributed by atoms with Crippen molar-refractivity contribution in [3.8, 4) is 11.5 Å². The van der Waals surface area contributed by atoms with Crippen molar-refractivity contribution in [2.45, 2.75) is 20.3 Å². The zero-order valence-electron chi connectivity index (χ0n) is 12.9. The second kappa shape index (κ2) is 6.93. The molecule has 3 rings (SSSR count). The van der Waals surface area contributed by atoms with E-state index in [0.29, 0.717) is 14.2 Å². The summed E-state index contributed by atoms with van der Waals surface area (Å²) in [5.74, 6) is -0.0171. The highest BCUT2D eigenvalue weighted by molar-refractivity contribution is 7.20. The molecule has 2 heterocycles. The van der Waals surface area contributed by atoms with Gasteiger partial charge in [0.25, 0.3) is 5.89 Å². The molecule has 1 N–H and O–H groups in total. The van der Waals surface area contributed by atoms with Crippen molar-refractivity contribution in [1.29, 1.82) is 0 Å². The Morgan fingerprint density at radius 3 is 2.71 bits per heavy atom. The molecule has 0 unspecified atom stereocenters. The molecule has 1 aromatic carbocycles. The largest absolute Gasteiger partial charge is 0.403 e. The second-order valence-electron chi connectivity index (χ2n) is 5.31. The molecule has 0 saturated heterocycles. The van der Waals surface area contributed by atoms with Crippen LogP contribution in [0.4, 0.5) is 6.01 Å². The van der Waals surface area contributed by atoms with Crippen molar-refractivity contribution in [2.75, 3.05) is 5.32 Å². The first-order chi connectivity index (χ1) is 11.4. The Morgan fingerprint density at radius 2 is 2.04 bits per heavy atom. The number of amides is 1. The van der Waals surface area contributed by atoms with Crippen LogP contribution in [0.1, 0.15) is 16.7 Å². The molecular weight excluding hydrogens is 369 g/mol. The average Bonchev–Trinajstić information content (AvgIpc) is 3.08. The topological polar surface area (TPSA) is 68.0 Å². The number of rotatable bonds is 4. The van der Waals surface area contributed by atoms with Crippen molar-refractivity contribution in [3.05, 3.63) is 49.6 Å². The lowest BCUT2D eigenvalue weighted by atomic mass is 10.0. The molecule has 3 aromatic rings. The summed E-state index contributed by atoms with van der Waals surface area (Å²) in [6.45, 7) is 3.99. The third kappa shape index (κ3) is 3.77. The molecule has 1 amide bonds. The minimum atomic E-state index is -0.230. The number of carbonyl (C=O) groups is 1. The zero-order chi connectivity index (χ0) is 17.3. The summed E-state index contributed by atoms with van der Waals surface area (Å²) in [4.78, 5) is 12.2. The highest BCUT2D eigenvalue weighted by Crippen LogP contribution is 2.37. The van der Waals surface area contributed by atoms with Gasteiger partial charge in [-0.3, -0.25) is 10.1 Å². The number of anilines is 1. The molecule has 0 fully saturated rings. The van der Waals surface area contributed by atoms with Gasteiger partial charge in [0.15, 0.2) is 0 Å². The van der Waals surface area contributed by atoms with Crippen LogP contribution in [0.25, 0.3) is 11.5 Å². The number of aromatic nitrogens is 2. The molecule has 8 heteroatoms. The lowest BCUT2D eigenvalue weighted by Crippen LogP contribution is -2.15. The Kier molecular flexibility index (Phi) is 4.89. The number of aryl methyl sites for hydroxylation is 2. The first-order valence-corrected chi connectivity index (χ1v) is 8.64. The number of hydrogen-bond donors (Lipinski definition) is 1. The summed E-state index contributed by atoms with van der Waals surface area (Å²) in [7, 11) is 0. The normalized spacial score (nSPS) is 10.8. The van der Waals surface area contributed by atoms with Gasteiger partial charge >= 0.3 is 6.01 Å². The monoisotopic (exact) mass is 381 g/mol. The van der Waals surface area contributed by atoms with Gasteiger partial charge in [-0.2, -0.15) is 0 Å². The van der Waals surface area contributed by atoms with Crippen LogP contribution >= 0.6 is 34.5 Å².